The van der Waals surface area contributed by atoms with Crippen LogP contribution >= 0.6 is 0 Å². The molecule has 0 aliphatic carbocycles. The minimum atomic E-state index is 0.119. The van der Waals surface area contributed by atoms with Gasteiger partial charge in [-0.2, -0.15) is 0 Å². The largest absolute Gasteiger partial charge is 0.507 e. The molecular weight excluding hydrogens is 264 g/mol. The van der Waals surface area contributed by atoms with E-state index in [1.807, 2.05) is 12.1 Å². The van der Waals surface area contributed by atoms with Gasteiger partial charge in [-0.05, 0) is 44.2 Å². The van der Waals surface area contributed by atoms with Crippen molar-refractivity contribution in [2.24, 2.45) is 4.99 Å². The van der Waals surface area contributed by atoms with Crippen LogP contribution in [-0.2, 0) is 0 Å². The number of aliphatic imine (C=N–C) groups is 1. The molecule has 0 fully saturated rings. The molecule has 0 heterocycles. The first-order chi connectivity index (χ1) is 10.2. The van der Waals surface area contributed by atoms with Crippen LogP contribution in [0.1, 0.15) is 19.4 Å². The summed E-state index contributed by atoms with van der Waals surface area (Å²) in [6.45, 7) is 5.98. The molecule has 2 aromatic carbocycles. The molecule has 2 rings (SSSR count). The minimum absolute atomic E-state index is 0.119. The number of para-hydroxylation sites is 2. The van der Waals surface area contributed by atoms with Crippen LogP contribution in [0.2, 0.25) is 0 Å². The number of phenolic OH excluding ortho intramolecular Hbond substituents is 2. The van der Waals surface area contributed by atoms with Crippen LogP contribution in [0, 0.1) is 0 Å². The van der Waals surface area contributed by atoms with Gasteiger partial charge in [0, 0.05) is 30.6 Å². The van der Waals surface area contributed by atoms with Crippen LogP contribution in [0.4, 0.5) is 11.4 Å². The van der Waals surface area contributed by atoms with Gasteiger partial charge >= 0.3 is 0 Å². The highest BCUT2D eigenvalue weighted by atomic mass is 16.3. The number of benzene rings is 2. The Bertz CT molecular complexity index is 634. The quantitative estimate of drug-likeness (QED) is 0.823. The minimum Gasteiger partial charge on any atom is -0.507 e. The smallest absolute Gasteiger partial charge is 0.141 e. The average molecular weight is 284 g/mol. The fourth-order valence-corrected chi connectivity index (χ4v) is 2.14. The fourth-order valence-electron chi connectivity index (χ4n) is 2.14. The zero-order valence-corrected chi connectivity index (χ0v) is 12.3. The van der Waals surface area contributed by atoms with E-state index < -0.39 is 0 Å². The predicted molar refractivity (Wildman–Crippen MR) is 87.0 cm³/mol. The van der Waals surface area contributed by atoms with E-state index in [0.717, 1.165) is 18.8 Å². The van der Waals surface area contributed by atoms with Crippen LogP contribution in [-0.4, -0.2) is 29.5 Å². The third-order valence-corrected chi connectivity index (χ3v) is 3.36. The maximum atomic E-state index is 9.94. The van der Waals surface area contributed by atoms with Crippen LogP contribution in [0.15, 0.2) is 47.5 Å². The first-order valence-corrected chi connectivity index (χ1v) is 7.05. The van der Waals surface area contributed by atoms with Gasteiger partial charge < -0.3 is 15.1 Å². The monoisotopic (exact) mass is 284 g/mol. The molecule has 21 heavy (non-hydrogen) atoms. The Morgan fingerprint density at radius 1 is 1.00 bits per heavy atom. The van der Waals surface area contributed by atoms with E-state index in [1.165, 1.54) is 0 Å². The second-order valence-corrected chi connectivity index (χ2v) is 4.66. The second-order valence-electron chi connectivity index (χ2n) is 4.66. The molecule has 0 spiro atoms. The van der Waals surface area contributed by atoms with E-state index in [1.54, 1.807) is 36.5 Å². The summed E-state index contributed by atoms with van der Waals surface area (Å²) in [5.74, 6) is 0.290. The van der Waals surface area contributed by atoms with Crippen molar-refractivity contribution in [3.8, 4) is 11.5 Å². The Labute approximate surface area is 125 Å². The lowest BCUT2D eigenvalue weighted by Crippen LogP contribution is -2.21. The molecule has 0 aromatic heterocycles. The van der Waals surface area contributed by atoms with Gasteiger partial charge in [0.15, 0.2) is 0 Å². The zero-order chi connectivity index (χ0) is 15.2. The van der Waals surface area contributed by atoms with Gasteiger partial charge in [-0.25, -0.2) is 0 Å². The molecule has 0 saturated carbocycles. The molecule has 0 aliphatic heterocycles. The van der Waals surface area contributed by atoms with E-state index in [4.69, 9.17) is 0 Å². The summed E-state index contributed by atoms with van der Waals surface area (Å²) >= 11 is 0. The van der Waals surface area contributed by atoms with E-state index in [2.05, 4.69) is 23.7 Å². The van der Waals surface area contributed by atoms with Gasteiger partial charge in [-0.15, -0.1) is 0 Å². The lowest BCUT2D eigenvalue weighted by atomic mass is 10.1. The Balaban J connectivity index is 2.31. The second kappa shape index (κ2) is 6.79. The lowest BCUT2D eigenvalue weighted by molar-refractivity contribution is 0.474. The van der Waals surface area contributed by atoms with Gasteiger partial charge in [0.05, 0.1) is 0 Å². The average Bonchev–Trinajstić information content (AvgIpc) is 2.50. The lowest BCUT2D eigenvalue weighted by Gasteiger charge is -2.21. The summed E-state index contributed by atoms with van der Waals surface area (Å²) in [7, 11) is 0. The van der Waals surface area contributed by atoms with Crippen molar-refractivity contribution >= 4 is 17.6 Å². The molecule has 0 aliphatic rings. The topological polar surface area (TPSA) is 56.1 Å². The highest BCUT2D eigenvalue weighted by molar-refractivity contribution is 5.87. The van der Waals surface area contributed by atoms with Crippen LogP contribution in [0.5, 0.6) is 11.5 Å². The van der Waals surface area contributed by atoms with Gasteiger partial charge in [0.2, 0.25) is 0 Å². The van der Waals surface area contributed by atoms with E-state index in [0.29, 0.717) is 11.3 Å². The van der Waals surface area contributed by atoms with Crippen molar-refractivity contribution in [2.45, 2.75) is 13.8 Å². The number of phenols is 2. The summed E-state index contributed by atoms with van der Waals surface area (Å²) in [5.41, 5.74) is 2.14. The van der Waals surface area contributed by atoms with Gasteiger partial charge in [-0.3, -0.25) is 4.99 Å². The van der Waals surface area contributed by atoms with Gasteiger partial charge in [0.1, 0.15) is 17.2 Å². The molecule has 0 radical (unpaired) electrons. The predicted octanol–water partition coefficient (Wildman–Crippen LogP) is 3.69. The van der Waals surface area contributed by atoms with Crippen molar-refractivity contribution in [1.82, 2.24) is 0 Å². The van der Waals surface area contributed by atoms with Crippen molar-refractivity contribution in [1.29, 1.82) is 0 Å². The Hall–Kier alpha value is -2.49. The standard InChI is InChI=1S/C17H20N2O2/c1-3-19(4-2)14-9-10-16(20)13(11-14)12-18-15-7-5-6-8-17(15)21/h5-12,20-21H,3-4H2,1-2H3. The van der Waals surface area contributed by atoms with E-state index in [9.17, 15) is 10.2 Å². The number of anilines is 1. The number of hydrogen-bond acceptors (Lipinski definition) is 4. The molecule has 110 valence electrons. The third-order valence-electron chi connectivity index (χ3n) is 3.36. The molecular formula is C17H20N2O2. The Morgan fingerprint density at radius 2 is 1.71 bits per heavy atom. The summed E-state index contributed by atoms with van der Waals surface area (Å²) < 4.78 is 0. The van der Waals surface area contributed by atoms with Gasteiger partial charge in [0.25, 0.3) is 0 Å². The fraction of sp³-hybridized carbons (Fsp3) is 0.235. The highest BCUT2D eigenvalue weighted by Gasteiger charge is 2.06. The SMILES string of the molecule is CCN(CC)c1ccc(O)c(C=Nc2ccccc2O)c1. The van der Waals surface area contributed by atoms with Crippen molar-refractivity contribution < 1.29 is 10.2 Å². The maximum Gasteiger partial charge on any atom is 0.141 e. The summed E-state index contributed by atoms with van der Waals surface area (Å²) in [5, 5.41) is 19.6. The van der Waals surface area contributed by atoms with Crippen LogP contribution in [0.3, 0.4) is 0 Å². The first-order valence-electron chi connectivity index (χ1n) is 7.05. The third kappa shape index (κ3) is 3.54. The van der Waals surface area contributed by atoms with Crippen LogP contribution in [0.25, 0.3) is 0 Å². The summed E-state index contributed by atoms with van der Waals surface area (Å²) in [4.78, 5) is 6.43. The highest BCUT2D eigenvalue weighted by Crippen LogP contribution is 2.27. The summed E-state index contributed by atoms with van der Waals surface area (Å²) in [6, 6.07) is 12.3. The number of aromatic hydroxyl groups is 2. The van der Waals surface area contributed by atoms with Crippen molar-refractivity contribution in [2.75, 3.05) is 18.0 Å². The molecule has 0 amide bonds. The molecule has 2 aromatic rings. The number of rotatable bonds is 5. The molecule has 4 heteroatoms. The number of hydrogen-bond donors (Lipinski definition) is 2. The zero-order valence-electron chi connectivity index (χ0n) is 12.3. The van der Waals surface area contributed by atoms with E-state index >= 15 is 0 Å². The number of nitrogens with zero attached hydrogens (tertiary/aromatic N) is 2. The van der Waals surface area contributed by atoms with Crippen molar-refractivity contribution in [3.05, 3.63) is 48.0 Å². The maximum absolute atomic E-state index is 9.94. The summed E-state index contributed by atoms with van der Waals surface area (Å²) in [6.07, 6.45) is 1.57. The molecule has 0 saturated heterocycles. The molecule has 0 unspecified atom stereocenters. The van der Waals surface area contributed by atoms with Crippen LogP contribution < -0.4 is 4.90 Å². The van der Waals surface area contributed by atoms with E-state index in [-0.39, 0.29) is 11.5 Å². The Morgan fingerprint density at radius 3 is 2.38 bits per heavy atom. The van der Waals surface area contributed by atoms with Crippen molar-refractivity contribution in [3.63, 3.8) is 0 Å². The van der Waals surface area contributed by atoms with Gasteiger partial charge in [-0.1, -0.05) is 12.1 Å². The Kier molecular flexibility index (Phi) is 4.82. The molecule has 4 nitrogen and oxygen atoms in total. The normalized spacial score (nSPS) is 11.0. The molecule has 2 N–H and O–H groups in total. The molecule has 0 atom stereocenters. The first kappa shape index (κ1) is 14.9. The molecule has 0 bridgehead atoms.